The van der Waals surface area contributed by atoms with Gasteiger partial charge in [-0.25, -0.2) is 0 Å². The third-order valence-corrected chi connectivity index (χ3v) is 6.01. The largest absolute Gasteiger partial charge is 0.354 e. The van der Waals surface area contributed by atoms with Crippen molar-refractivity contribution in [3.8, 4) is 11.4 Å². The number of aromatic amines is 1. The minimum absolute atomic E-state index is 0.503. The molecule has 0 aliphatic rings. The van der Waals surface area contributed by atoms with E-state index < -0.39 is 8.07 Å². The van der Waals surface area contributed by atoms with Crippen molar-refractivity contribution in [3.05, 3.63) is 28.7 Å². The molecule has 0 aliphatic heterocycles. The maximum atomic E-state index is 5.85. The molecule has 0 fully saturated rings. The maximum Gasteiger partial charge on any atom is 0.354 e. The first-order valence-corrected chi connectivity index (χ1v) is 13.0. The Kier molecular flexibility index (Phi) is 6.25. The Morgan fingerprint density at radius 2 is 1.95 bits per heavy atom. The summed E-state index contributed by atoms with van der Waals surface area (Å²) in [7, 11) is -1.05. The van der Waals surface area contributed by atoms with Gasteiger partial charge in [-0.2, -0.15) is 5.10 Å². The summed E-state index contributed by atoms with van der Waals surface area (Å²) in [6.45, 7) is 8.38. The molecule has 7 heteroatoms. The lowest BCUT2D eigenvalue weighted by atomic mass is 10.2. The van der Waals surface area contributed by atoms with E-state index in [1.807, 2.05) is 23.1 Å². The first kappa shape index (κ1) is 17.7. The number of hydrogen-bond donors (Lipinski definition) is 1. The molecule has 0 saturated carbocycles. The molecule has 0 bridgehead atoms. The van der Waals surface area contributed by atoms with Crippen LogP contribution in [-0.2, 0) is 11.5 Å². The van der Waals surface area contributed by atoms with E-state index in [2.05, 4.69) is 57.8 Å². The van der Waals surface area contributed by atoms with Crippen molar-refractivity contribution >= 4 is 35.8 Å². The summed E-state index contributed by atoms with van der Waals surface area (Å²) < 4.78 is 8.88. The monoisotopic (exact) mass is 400 g/mol. The normalized spacial score (nSPS) is 11.9. The molecule has 0 unspecified atom stereocenters. The lowest BCUT2D eigenvalue weighted by molar-refractivity contribution is -0.774. The zero-order chi connectivity index (χ0) is 16.2. The average Bonchev–Trinajstić information content (AvgIpc) is 2.87. The van der Waals surface area contributed by atoms with Crippen LogP contribution >= 0.6 is 27.7 Å². The van der Waals surface area contributed by atoms with Crippen molar-refractivity contribution in [2.45, 2.75) is 37.6 Å². The smallest absolute Gasteiger partial charge is 0.341 e. The van der Waals surface area contributed by atoms with Crippen LogP contribution in [-0.4, -0.2) is 31.0 Å². The van der Waals surface area contributed by atoms with E-state index in [1.165, 1.54) is 6.04 Å². The van der Waals surface area contributed by atoms with Gasteiger partial charge in [0, 0.05) is 19.2 Å². The van der Waals surface area contributed by atoms with Gasteiger partial charge in [0.2, 0.25) is 6.73 Å². The van der Waals surface area contributed by atoms with Crippen molar-refractivity contribution in [1.82, 2.24) is 10.1 Å². The van der Waals surface area contributed by atoms with Gasteiger partial charge in [-0.15, -0.1) is 4.68 Å². The molecule has 0 aliphatic carbocycles. The van der Waals surface area contributed by atoms with E-state index in [9.17, 15) is 0 Å². The number of thioether (sulfide) groups is 1. The fraction of sp³-hybridized carbons (Fsp3) is 0.467. The van der Waals surface area contributed by atoms with E-state index in [-0.39, 0.29) is 0 Å². The molecule has 1 aromatic carbocycles. The van der Waals surface area contributed by atoms with Gasteiger partial charge < -0.3 is 4.74 Å². The molecule has 1 N–H and O–H groups in total. The maximum absolute atomic E-state index is 5.85. The van der Waals surface area contributed by atoms with Gasteiger partial charge in [-0.1, -0.05) is 47.3 Å². The number of halogens is 1. The zero-order valence-corrected chi connectivity index (χ0v) is 16.9. The summed E-state index contributed by atoms with van der Waals surface area (Å²) in [6, 6.07) is 9.34. The minimum Gasteiger partial charge on any atom is -0.341 e. The minimum atomic E-state index is -1.05. The molecule has 1 aromatic heterocycles. The summed E-state index contributed by atoms with van der Waals surface area (Å²) in [5.41, 5.74) is 1.08. The fourth-order valence-corrected chi connectivity index (χ4v) is 3.29. The quantitative estimate of drug-likeness (QED) is 0.328. The predicted octanol–water partition coefficient (Wildman–Crippen LogP) is 4.16. The van der Waals surface area contributed by atoms with E-state index in [0.29, 0.717) is 6.73 Å². The van der Waals surface area contributed by atoms with Crippen LogP contribution < -0.4 is 4.68 Å². The predicted molar refractivity (Wildman–Crippen MR) is 97.8 cm³/mol. The van der Waals surface area contributed by atoms with E-state index in [4.69, 9.17) is 4.74 Å². The molecule has 120 valence electrons. The second kappa shape index (κ2) is 7.76. The second-order valence-corrected chi connectivity index (χ2v) is 13.7. The van der Waals surface area contributed by atoms with Gasteiger partial charge in [0.25, 0.3) is 0 Å². The highest BCUT2D eigenvalue weighted by Gasteiger charge is 2.21. The van der Waals surface area contributed by atoms with Gasteiger partial charge >= 0.3 is 11.0 Å². The summed E-state index contributed by atoms with van der Waals surface area (Å²) in [6.07, 6.45) is 2.01. The summed E-state index contributed by atoms with van der Waals surface area (Å²) in [5.74, 6) is 0.907. The average molecular weight is 401 g/mol. The van der Waals surface area contributed by atoms with Crippen LogP contribution in [0.1, 0.15) is 0 Å². The highest BCUT2D eigenvalue weighted by Crippen LogP contribution is 2.19. The summed E-state index contributed by atoms with van der Waals surface area (Å²) in [4.78, 5) is 4.64. The van der Waals surface area contributed by atoms with E-state index >= 15 is 0 Å². The Balaban J connectivity index is 2.10. The lowest BCUT2D eigenvalue weighted by Crippen LogP contribution is -2.39. The Bertz CT molecular complexity index is 610. The Hall–Kier alpha value is -0.633. The number of hydrogen-bond acceptors (Lipinski definition) is 3. The Labute approximate surface area is 145 Å². The SMILES string of the molecule is CSc1nc(-c2ccc(Br)cc2)[n+](COCC[Si](C)(C)C)[nH]1. The standard InChI is InChI=1S/C15H22BrN3OSSi/c1-21-15-17-14(12-5-7-13(16)8-6-12)19(18-15)11-20-9-10-22(2,3)4/h5-8H,9-11H2,1-4H3/p+1. The van der Waals surface area contributed by atoms with Crippen LogP contribution in [0.25, 0.3) is 11.4 Å². The number of benzene rings is 1. The molecule has 4 nitrogen and oxygen atoms in total. The fourth-order valence-electron chi connectivity index (χ4n) is 1.89. The van der Waals surface area contributed by atoms with Crippen LogP contribution in [0, 0.1) is 0 Å². The molecular weight excluding hydrogens is 378 g/mol. The van der Waals surface area contributed by atoms with Gasteiger partial charge in [-0.05, 0) is 41.5 Å². The van der Waals surface area contributed by atoms with Crippen LogP contribution in [0.15, 0.2) is 33.9 Å². The summed E-state index contributed by atoms with van der Waals surface area (Å²) >= 11 is 5.06. The van der Waals surface area contributed by atoms with Crippen LogP contribution in [0.3, 0.4) is 0 Å². The van der Waals surface area contributed by atoms with E-state index in [1.54, 1.807) is 11.8 Å². The molecule has 0 atom stereocenters. The molecular formula is C15H23BrN3OSSi+. The zero-order valence-electron chi connectivity index (χ0n) is 13.5. The molecule has 2 aromatic rings. The van der Waals surface area contributed by atoms with Gasteiger partial charge in [0.05, 0.1) is 5.56 Å². The number of ether oxygens (including phenoxy) is 1. The molecule has 2 rings (SSSR count). The third-order valence-electron chi connectivity index (χ3n) is 3.21. The molecule has 1 heterocycles. The second-order valence-electron chi connectivity index (χ2n) is 6.34. The first-order chi connectivity index (χ1) is 10.4. The summed E-state index contributed by atoms with van der Waals surface area (Å²) in [5, 5.41) is 4.18. The number of nitrogens with zero attached hydrogens (tertiary/aromatic N) is 2. The number of nitrogens with one attached hydrogen (secondary N) is 1. The van der Waals surface area contributed by atoms with Crippen molar-refractivity contribution in [1.29, 1.82) is 0 Å². The van der Waals surface area contributed by atoms with Crippen molar-refractivity contribution in [3.63, 3.8) is 0 Å². The van der Waals surface area contributed by atoms with Crippen molar-refractivity contribution in [2.75, 3.05) is 12.9 Å². The number of rotatable bonds is 7. The molecule has 0 saturated heterocycles. The van der Waals surface area contributed by atoms with E-state index in [0.717, 1.165) is 27.6 Å². The number of H-pyrrole nitrogens is 1. The Morgan fingerprint density at radius 1 is 1.27 bits per heavy atom. The molecule has 0 radical (unpaired) electrons. The van der Waals surface area contributed by atoms with Crippen molar-refractivity contribution in [2.24, 2.45) is 0 Å². The van der Waals surface area contributed by atoms with Crippen molar-refractivity contribution < 1.29 is 9.42 Å². The highest BCUT2D eigenvalue weighted by atomic mass is 79.9. The highest BCUT2D eigenvalue weighted by molar-refractivity contribution is 9.10. The van der Waals surface area contributed by atoms with Gasteiger partial charge in [0.15, 0.2) is 0 Å². The third kappa shape index (κ3) is 5.22. The molecule has 0 amide bonds. The number of aromatic nitrogens is 3. The lowest BCUT2D eigenvalue weighted by Gasteiger charge is -2.14. The topological polar surface area (TPSA) is 41.8 Å². The van der Waals surface area contributed by atoms with Gasteiger partial charge in [0.1, 0.15) is 0 Å². The first-order valence-electron chi connectivity index (χ1n) is 7.26. The van der Waals surface area contributed by atoms with Crippen LogP contribution in [0.4, 0.5) is 0 Å². The van der Waals surface area contributed by atoms with Crippen LogP contribution in [0.5, 0.6) is 0 Å². The van der Waals surface area contributed by atoms with Gasteiger partial charge in [-0.3, -0.25) is 0 Å². The molecule has 22 heavy (non-hydrogen) atoms. The Morgan fingerprint density at radius 3 is 2.55 bits per heavy atom. The van der Waals surface area contributed by atoms with Crippen LogP contribution in [0.2, 0.25) is 25.7 Å². The molecule has 0 spiro atoms.